The van der Waals surface area contributed by atoms with Gasteiger partial charge in [0, 0.05) is 36.6 Å². The van der Waals surface area contributed by atoms with E-state index in [9.17, 15) is 0 Å². The van der Waals surface area contributed by atoms with Gasteiger partial charge >= 0.3 is 0 Å². The first kappa shape index (κ1) is 33.8. The van der Waals surface area contributed by atoms with Crippen molar-refractivity contribution in [1.29, 1.82) is 0 Å². The number of allylic oxidation sites excluding steroid dienone is 2. The van der Waals surface area contributed by atoms with E-state index >= 15 is 0 Å². The van der Waals surface area contributed by atoms with Crippen LogP contribution in [0.2, 0.25) is 0 Å². The van der Waals surface area contributed by atoms with Crippen LogP contribution < -0.4 is 16.0 Å². The first-order chi connectivity index (χ1) is 16.8. The van der Waals surface area contributed by atoms with Crippen LogP contribution in [0.25, 0.3) is 0 Å². The summed E-state index contributed by atoms with van der Waals surface area (Å²) in [6.45, 7) is 26.1. The molecule has 1 atom stereocenters. The monoisotopic (exact) mass is 490 g/mol. The maximum atomic E-state index is 4.33. The molecule has 206 valence electrons. The van der Waals surface area contributed by atoms with E-state index < -0.39 is 0 Å². The summed E-state index contributed by atoms with van der Waals surface area (Å²) in [7, 11) is 0. The molecule has 0 aliphatic heterocycles. The Morgan fingerprint density at radius 3 is 1.54 bits per heavy atom. The lowest BCUT2D eigenvalue weighted by Crippen LogP contribution is -2.37. The maximum absolute atomic E-state index is 4.33. The van der Waals surface area contributed by atoms with E-state index in [1.807, 2.05) is 0 Å². The minimum atomic E-state index is 0.437. The molecule has 3 N–H and O–H groups in total. The Morgan fingerprint density at radius 1 is 0.600 bits per heavy atom. The molecule has 0 fully saturated rings. The molecule has 0 aliphatic carbocycles. The molecular weight excluding hydrogens is 426 g/mol. The van der Waals surface area contributed by atoms with E-state index in [1.165, 1.54) is 107 Å². The van der Waals surface area contributed by atoms with Crippen LogP contribution in [0.1, 0.15) is 137 Å². The standard InChI is InChI=1S/C32H63N3/c1-9-10-11-12-14-17-22-29(6)33-25-20-16-13-15-18-23-30(7)34-26-21-19-24-32(35-28(4)5)31(8)27(2)3/h27-28,32-35H,6-26H2,1-5H3. The third-order valence-electron chi connectivity index (χ3n) is 6.88. The molecule has 0 bridgehead atoms. The van der Waals surface area contributed by atoms with Crippen LogP contribution in [0, 0.1) is 5.92 Å². The highest BCUT2D eigenvalue weighted by Crippen LogP contribution is 2.17. The van der Waals surface area contributed by atoms with Crippen LogP contribution in [0.5, 0.6) is 0 Å². The van der Waals surface area contributed by atoms with Crippen LogP contribution >= 0.6 is 0 Å². The molecule has 0 saturated heterocycles. The molecule has 0 saturated carbocycles. The van der Waals surface area contributed by atoms with Gasteiger partial charge in [0.05, 0.1) is 0 Å². The molecule has 0 aromatic rings. The molecule has 3 nitrogen and oxygen atoms in total. The smallest absolute Gasteiger partial charge is 0.0281 e. The van der Waals surface area contributed by atoms with Gasteiger partial charge in [-0.25, -0.2) is 0 Å². The first-order valence-corrected chi connectivity index (χ1v) is 15.1. The van der Waals surface area contributed by atoms with Crippen LogP contribution in [0.4, 0.5) is 0 Å². The first-order valence-electron chi connectivity index (χ1n) is 15.1. The summed E-state index contributed by atoms with van der Waals surface area (Å²) in [5, 5.41) is 10.8. The van der Waals surface area contributed by atoms with Crippen molar-refractivity contribution in [2.45, 2.75) is 149 Å². The van der Waals surface area contributed by atoms with Crippen molar-refractivity contribution in [3.63, 3.8) is 0 Å². The zero-order valence-electron chi connectivity index (χ0n) is 24.6. The van der Waals surface area contributed by atoms with Crippen molar-refractivity contribution < 1.29 is 0 Å². The number of rotatable bonds is 26. The van der Waals surface area contributed by atoms with Gasteiger partial charge in [-0.15, -0.1) is 0 Å². The second kappa shape index (κ2) is 23.2. The van der Waals surface area contributed by atoms with Crippen molar-refractivity contribution in [2.75, 3.05) is 13.1 Å². The molecule has 35 heavy (non-hydrogen) atoms. The second-order valence-electron chi connectivity index (χ2n) is 11.2. The molecule has 0 heterocycles. The molecule has 1 unspecified atom stereocenters. The molecule has 0 radical (unpaired) electrons. The summed E-state index contributed by atoms with van der Waals surface area (Å²) in [4.78, 5) is 0. The Hall–Kier alpha value is -1.22. The van der Waals surface area contributed by atoms with Gasteiger partial charge in [-0.3, -0.25) is 0 Å². The van der Waals surface area contributed by atoms with Gasteiger partial charge in [-0.2, -0.15) is 0 Å². The Bertz CT molecular complexity index is 535. The number of hydrogen-bond acceptors (Lipinski definition) is 3. The van der Waals surface area contributed by atoms with Crippen molar-refractivity contribution in [3.05, 3.63) is 36.7 Å². The summed E-state index contributed by atoms with van der Waals surface area (Å²) in [5.41, 5.74) is 3.78. The number of unbranched alkanes of at least 4 members (excludes halogenated alkanes) is 10. The normalized spacial score (nSPS) is 12.2. The highest BCUT2D eigenvalue weighted by atomic mass is 14.9. The quantitative estimate of drug-likeness (QED) is 0.0837. The zero-order chi connectivity index (χ0) is 26.3. The summed E-state index contributed by atoms with van der Waals surface area (Å²) in [5.74, 6) is 0.537. The van der Waals surface area contributed by atoms with Crippen LogP contribution in [0.15, 0.2) is 36.7 Å². The Morgan fingerprint density at radius 2 is 1.06 bits per heavy atom. The van der Waals surface area contributed by atoms with E-state index in [-0.39, 0.29) is 0 Å². The number of nitrogens with one attached hydrogen (secondary N) is 3. The van der Waals surface area contributed by atoms with Crippen molar-refractivity contribution >= 4 is 0 Å². The van der Waals surface area contributed by atoms with Gasteiger partial charge < -0.3 is 16.0 Å². The summed E-state index contributed by atoms with van der Waals surface area (Å²) in [6.07, 6.45) is 20.4. The Labute approximate surface area is 221 Å². The van der Waals surface area contributed by atoms with Crippen molar-refractivity contribution in [2.24, 2.45) is 5.92 Å². The lowest BCUT2D eigenvalue weighted by atomic mass is 9.93. The Kier molecular flexibility index (Phi) is 22.4. The van der Waals surface area contributed by atoms with E-state index in [4.69, 9.17) is 0 Å². The van der Waals surface area contributed by atoms with Crippen LogP contribution in [-0.4, -0.2) is 25.2 Å². The molecule has 3 heteroatoms. The highest BCUT2D eigenvalue weighted by molar-refractivity contribution is 5.08. The van der Waals surface area contributed by atoms with Gasteiger partial charge in [-0.1, -0.05) is 111 Å². The SMILES string of the molecule is C=C(CCCCCCCC)NCCCCCCCC(=C)NCCCCC(NC(C)C)C(=C)C(C)C. The predicted octanol–water partition coefficient (Wildman–Crippen LogP) is 9.03. The van der Waals surface area contributed by atoms with E-state index in [1.54, 1.807) is 0 Å². The van der Waals surface area contributed by atoms with Gasteiger partial charge in [-0.05, 0) is 57.3 Å². The third-order valence-corrected chi connectivity index (χ3v) is 6.88. The van der Waals surface area contributed by atoms with Gasteiger partial charge in [0.15, 0.2) is 0 Å². The Balaban J connectivity index is 3.59. The zero-order valence-corrected chi connectivity index (χ0v) is 24.6. The number of hydrogen-bond donors (Lipinski definition) is 3. The topological polar surface area (TPSA) is 36.1 Å². The highest BCUT2D eigenvalue weighted by Gasteiger charge is 2.15. The lowest BCUT2D eigenvalue weighted by Gasteiger charge is -2.26. The van der Waals surface area contributed by atoms with E-state index in [0.717, 1.165) is 25.9 Å². The molecule has 0 aliphatic rings. The van der Waals surface area contributed by atoms with Crippen LogP contribution in [0.3, 0.4) is 0 Å². The molecular formula is C32H63N3. The maximum Gasteiger partial charge on any atom is 0.0281 e. The second-order valence-corrected chi connectivity index (χ2v) is 11.2. The summed E-state index contributed by atoms with van der Waals surface area (Å²) < 4.78 is 0. The fourth-order valence-corrected chi connectivity index (χ4v) is 4.47. The lowest BCUT2D eigenvalue weighted by molar-refractivity contribution is 0.440. The van der Waals surface area contributed by atoms with Gasteiger partial charge in [0.2, 0.25) is 0 Å². The molecule has 0 amide bonds. The average Bonchev–Trinajstić information content (AvgIpc) is 2.81. The summed E-state index contributed by atoms with van der Waals surface area (Å²) in [6, 6.07) is 0.936. The van der Waals surface area contributed by atoms with Gasteiger partial charge in [0.25, 0.3) is 0 Å². The van der Waals surface area contributed by atoms with Crippen molar-refractivity contribution in [1.82, 2.24) is 16.0 Å². The predicted molar refractivity (Wildman–Crippen MR) is 160 cm³/mol. The summed E-state index contributed by atoms with van der Waals surface area (Å²) >= 11 is 0. The largest absolute Gasteiger partial charge is 0.389 e. The fourth-order valence-electron chi connectivity index (χ4n) is 4.47. The van der Waals surface area contributed by atoms with Crippen molar-refractivity contribution in [3.8, 4) is 0 Å². The average molecular weight is 490 g/mol. The van der Waals surface area contributed by atoms with E-state index in [0.29, 0.717) is 18.0 Å². The minimum absolute atomic E-state index is 0.437. The fraction of sp³-hybridized carbons (Fsp3) is 0.812. The molecule has 0 aromatic carbocycles. The minimum Gasteiger partial charge on any atom is -0.389 e. The third kappa shape index (κ3) is 21.8. The molecule has 0 aromatic heterocycles. The molecule has 0 rings (SSSR count). The van der Waals surface area contributed by atoms with Crippen LogP contribution in [-0.2, 0) is 0 Å². The van der Waals surface area contributed by atoms with Gasteiger partial charge in [0.1, 0.15) is 0 Å². The molecule has 0 spiro atoms. The van der Waals surface area contributed by atoms with E-state index in [2.05, 4.69) is 70.3 Å².